The van der Waals surface area contributed by atoms with Crippen molar-refractivity contribution in [1.29, 1.82) is 0 Å². The highest BCUT2D eigenvalue weighted by Crippen LogP contribution is 2.33. The smallest absolute Gasteiger partial charge is 0.341 e. The van der Waals surface area contributed by atoms with Crippen LogP contribution in [0.2, 0.25) is 15.1 Å². The van der Waals surface area contributed by atoms with Gasteiger partial charge < -0.3 is 9.67 Å². The second-order valence-electron chi connectivity index (χ2n) is 6.13. The molecule has 4 nitrogen and oxygen atoms in total. The molecule has 2 aromatic carbocycles. The minimum atomic E-state index is -1.43. The molecule has 0 atom stereocenters. The van der Waals surface area contributed by atoms with E-state index in [9.17, 15) is 19.1 Å². The molecule has 3 rings (SSSR count). The van der Waals surface area contributed by atoms with Gasteiger partial charge in [-0.2, -0.15) is 0 Å². The standard InChI is InChI=1S/C20H13Cl3FNO3/c1-9-16(12-5-4-11(21)8-15(12)24)19(26)17(20(27)28)18(25(9)2)10-3-6-13(22)14(23)7-10/h3-8H,1-2H3,(H,27,28). The number of halogens is 4. The molecule has 3 aromatic rings. The van der Waals surface area contributed by atoms with Crippen molar-refractivity contribution in [2.75, 3.05) is 0 Å². The number of benzene rings is 2. The van der Waals surface area contributed by atoms with Crippen molar-refractivity contribution in [2.45, 2.75) is 6.92 Å². The third-order valence-electron chi connectivity index (χ3n) is 4.50. The van der Waals surface area contributed by atoms with E-state index in [0.717, 1.165) is 6.07 Å². The second kappa shape index (κ2) is 7.59. The average molecular weight is 441 g/mol. The first-order valence-corrected chi connectivity index (χ1v) is 9.14. The van der Waals surface area contributed by atoms with Crippen molar-refractivity contribution in [3.05, 3.63) is 78.8 Å². The zero-order chi connectivity index (χ0) is 20.7. The Morgan fingerprint density at radius 1 is 1.07 bits per heavy atom. The van der Waals surface area contributed by atoms with Crippen LogP contribution in [0.3, 0.4) is 0 Å². The van der Waals surface area contributed by atoms with Crippen molar-refractivity contribution in [3.63, 3.8) is 0 Å². The molecule has 1 heterocycles. The molecule has 0 aliphatic carbocycles. The Labute approximate surface area is 174 Å². The lowest BCUT2D eigenvalue weighted by Gasteiger charge is -2.19. The van der Waals surface area contributed by atoms with Crippen LogP contribution in [-0.4, -0.2) is 15.6 Å². The quantitative estimate of drug-likeness (QED) is 0.558. The number of pyridine rings is 1. The van der Waals surface area contributed by atoms with Gasteiger partial charge in [0.15, 0.2) is 0 Å². The van der Waals surface area contributed by atoms with Crippen LogP contribution in [0.25, 0.3) is 22.4 Å². The van der Waals surface area contributed by atoms with Gasteiger partial charge in [0.05, 0.1) is 21.3 Å². The SMILES string of the molecule is Cc1c(-c2ccc(Cl)cc2F)c(=O)c(C(=O)O)c(-c2ccc(Cl)c(Cl)c2)n1C. The van der Waals surface area contributed by atoms with Crippen LogP contribution in [0.5, 0.6) is 0 Å². The molecule has 0 bridgehead atoms. The normalized spacial score (nSPS) is 10.9. The molecule has 0 fully saturated rings. The molecular weight excluding hydrogens is 428 g/mol. The Morgan fingerprint density at radius 3 is 2.32 bits per heavy atom. The largest absolute Gasteiger partial charge is 0.477 e. The Hall–Kier alpha value is -2.34. The molecule has 0 saturated heterocycles. The highest BCUT2D eigenvalue weighted by atomic mass is 35.5. The van der Waals surface area contributed by atoms with E-state index >= 15 is 0 Å². The predicted octanol–water partition coefficient (Wildman–Crippen LogP) is 5.83. The number of hydrogen-bond acceptors (Lipinski definition) is 2. The summed E-state index contributed by atoms with van der Waals surface area (Å²) in [5.41, 5.74) is -0.425. The Kier molecular flexibility index (Phi) is 5.53. The zero-order valence-corrected chi connectivity index (χ0v) is 17.0. The highest BCUT2D eigenvalue weighted by Gasteiger charge is 2.26. The number of rotatable bonds is 3. The van der Waals surface area contributed by atoms with Gasteiger partial charge in [0.1, 0.15) is 11.4 Å². The predicted molar refractivity (Wildman–Crippen MR) is 109 cm³/mol. The fourth-order valence-electron chi connectivity index (χ4n) is 3.09. The Morgan fingerprint density at radius 2 is 1.75 bits per heavy atom. The fraction of sp³-hybridized carbons (Fsp3) is 0.100. The number of carbonyl (C=O) groups is 1. The Balaban J connectivity index is 2.43. The maximum atomic E-state index is 14.5. The van der Waals surface area contributed by atoms with Gasteiger partial charge in [0, 0.05) is 28.9 Å². The number of nitrogens with zero attached hydrogens (tertiary/aromatic N) is 1. The fourth-order valence-corrected chi connectivity index (χ4v) is 3.55. The number of carboxylic acid groups (broad SMARTS) is 1. The molecular formula is C20H13Cl3FNO3. The van der Waals surface area contributed by atoms with Gasteiger partial charge in [-0.05, 0) is 37.3 Å². The van der Waals surface area contributed by atoms with Crippen LogP contribution < -0.4 is 5.43 Å². The molecule has 28 heavy (non-hydrogen) atoms. The maximum Gasteiger partial charge on any atom is 0.341 e. The molecule has 8 heteroatoms. The summed E-state index contributed by atoms with van der Waals surface area (Å²) in [6.07, 6.45) is 0. The molecule has 144 valence electrons. The summed E-state index contributed by atoms with van der Waals surface area (Å²) in [4.78, 5) is 25.1. The zero-order valence-electron chi connectivity index (χ0n) is 14.7. The highest BCUT2D eigenvalue weighted by molar-refractivity contribution is 6.42. The number of hydrogen-bond donors (Lipinski definition) is 1. The topological polar surface area (TPSA) is 59.3 Å². The van der Waals surface area contributed by atoms with Crippen molar-refractivity contribution < 1.29 is 14.3 Å². The monoisotopic (exact) mass is 439 g/mol. The van der Waals surface area contributed by atoms with E-state index in [0.29, 0.717) is 16.3 Å². The summed E-state index contributed by atoms with van der Waals surface area (Å²) in [6.45, 7) is 1.61. The van der Waals surface area contributed by atoms with Crippen molar-refractivity contribution in [2.24, 2.45) is 7.05 Å². The first-order valence-electron chi connectivity index (χ1n) is 8.01. The lowest BCUT2D eigenvalue weighted by Crippen LogP contribution is -2.24. The molecule has 0 aliphatic heterocycles. The van der Waals surface area contributed by atoms with Gasteiger partial charge in [-0.15, -0.1) is 0 Å². The van der Waals surface area contributed by atoms with E-state index in [1.165, 1.54) is 28.8 Å². The minimum absolute atomic E-state index is 0.0225. The summed E-state index contributed by atoms with van der Waals surface area (Å²) in [6, 6.07) is 8.42. The van der Waals surface area contributed by atoms with Crippen LogP contribution in [-0.2, 0) is 7.05 Å². The van der Waals surface area contributed by atoms with E-state index in [1.54, 1.807) is 20.0 Å². The Bertz CT molecular complexity index is 1190. The van der Waals surface area contributed by atoms with Gasteiger partial charge in [-0.1, -0.05) is 40.9 Å². The van der Waals surface area contributed by atoms with Gasteiger partial charge >= 0.3 is 5.97 Å². The molecule has 0 unspecified atom stereocenters. The van der Waals surface area contributed by atoms with Crippen LogP contribution in [0, 0.1) is 12.7 Å². The number of aromatic carboxylic acids is 1. The van der Waals surface area contributed by atoms with Crippen LogP contribution >= 0.6 is 34.8 Å². The summed E-state index contributed by atoms with van der Waals surface area (Å²) in [7, 11) is 1.59. The summed E-state index contributed by atoms with van der Waals surface area (Å²) < 4.78 is 16.0. The van der Waals surface area contributed by atoms with Gasteiger partial charge in [-0.25, -0.2) is 9.18 Å². The maximum absolute atomic E-state index is 14.5. The van der Waals surface area contributed by atoms with E-state index in [2.05, 4.69) is 0 Å². The van der Waals surface area contributed by atoms with E-state index < -0.39 is 22.8 Å². The summed E-state index contributed by atoms with van der Waals surface area (Å²) >= 11 is 17.8. The first-order chi connectivity index (χ1) is 13.1. The molecule has 0 radical (unpaired) electrons. The summed E-state index contributed by atoms with van der Waals surface area (Å²) in [5.74, 6) is -2.15. The molecule has 0 amide bonds. The van der Waals surface area contributed by atoms with Gasteiger partial charge in [-0.3, -0.25) is 4.79 Å². The van der Waals surface area contributed by atoms with Crippen LogP contribution in [0.1, 0.15) is 16.1 Å². The van der Waals surface area contributed by atoms with Gasteiger partial charge in [0.25, 0.3) is 0 Å². The average Bonchev–Trinajstić information content (AvgIpc) is 2.62. The first kappa shape index (κ1) is 20.4. The summed E-state index contributed by atoms with van der Waals surface area (Å²) in [5, 5.41) is 10.4. The number of carboxylic acids is 1. The molecule has 0 spiro atoms. The third-order valence-corrected chi connectivity index (χ3v) is 5.47. The van der Waals surface area contributed by atoms with Gasteiger partial charge in [0.2, 0.25) is 5.43 Å². The lowest BCUT2D eigenvalue weighted by molar-refractivity contribution is 0.0695. The van der Waals surface area contributed by atoms with E-state index in [1.807, 2.05) is 0 Å². The molecule has 0 aliphatic rings. The molecule has 1 N–H and O–H groups in total. The minimum Gasteiger partial charge on any atom is -0.477 e. The lowest BCUT2D eigenvalue weighted by atomic mass is 9.96. The van der Waals surface area contributed by atoms with Crippen LogP contribution in [0.15, 0.2) is 41.2 Å². The third kappa shape index (κ3) is 3.41. The molecule has 0 saturated carbocycles. The number of aromatic nitrogens is 1. The van der Waals surface area contributed by atoms with Crippen molar-refractivity contribution >= 4 is 40.8 Å². The van der Waals surface area contributed by atoms with E-state index in [4.69, 9.17) is 34.8 Å². The van der Waals surface area contributed by atoms with E-state index in [-0.39, 0.29) is 26.9 Å². The van der Waals surface area contributed by atoms with Crippen molar-refractivity contribution in [3.8, 4) is 22.4 Å². The molecule has 1 aromatic heterocycles. The van der Waals surface area contributed by atoms with Crippen LogP contribution in [0.4, 0.5) is 4.39 Å². The second-order valence-corrected chi connectivity index (χ2v) is 7.38. The van der Waals surface area contributed by atoms with Crippen molar-refractivity contribution in [1.82, 2.24) is 4.57 Å².